The lowest BCUT2D eigenvalue weighted by molar-refractivity contribution is 0.106. The van der Waals surface area contributed by atoms with E-state index in [1.165, 1.54) is 51.4 Å². The Bertz CT molecular complexity index is 355. The van der Waals surface area contributed by atoms with Crippen molar-refractivity contribution < 1.29 is 9.47 Å². The van der Waals surface area contributed by atoms with Gasteiger partial charge < -0.3 is 9.47 Å². The zero-order valence-electron chi connectivity index (χ0n) is 12.4. The topological polar surface area (TPSA) is 25.1 Å². The van der Waals surface area contributed by atoms with Gasteiger partial charge in [0, 0.05) is 0 Å². The van der Waals surface area contributed by atoms with E-state index in [1.807, 2.05) is 0 Å². The molecule has 0 aromatic rings. The van der Waals surface area contributed by atoms with Gasteiger partial charge in [0.2, 0.25) is 0 Å². The molecule has 4 fully saturated rings. The molecule has 2 saturated carbocycles. The van der Waals surface area contributed by atoms with E-state index in [4.69, 9.17) is 9.47 Å². The first-order valence-electron chi connectivity index (χ1n) is 8.58. The SMILES string of the molecule is CCCC(C1CC(C)C2OC2C1)C12CCCCC1O2. The first-order valence-corrected chi connectivity index (χ1v) is 8.58. The molecule has 2 aliphatic carbocycles. The molecule has 0 aromatic carbocycles. The second kappa shape index (κ2) is 4.46. The molecule has 2 aliphatic heterocycles. The summed E-state index contributed by atoms with van der Waals surface area (Å²) in [7, 11) is 0. The maximum atomic E-state index is 6.28. The van der Waals surface area contributed by atoms with E-state index in [0.29, 0.717) is 23.9 Å². The van der Waals surface area contributed by atoms with Gasteiger partial charge in [0.15, 0.2) is 0 Å². The molecule has 7 atom stereocenters. The van der Waals surface area contributed by atoms with Crippen molar-refractivity contribution in [3.8, 4) is 0 Å². The van der Waals surface area contributed by atoms with Crippen molar-refractivity contribution in [1.82, 2.24) is 0 Å². The molecule has 2 heteroatoms. The van der Waals surface area contributed by atoms with Gasteiger partial charge in [-0.25, -0.2) is 0 Å². The molecule has 0 bridgehead atoms. The average molecular weight is 264 g/mol. The Kier molecular flexibility index (Phi) is 2.97. The van der Waals surface area contributed by atoms with Gasteiger partial charge in [-0.1, -0.05) is 33.1 Å². The molecule has 0 aromatic heterocycles. The summed E-state index contributed by atoms with van der Waals surface area (Å²) in [6, 6.07) is 0. The van der Waals surface area contributed by atoms with Crippen LogP contribution in [0.1, 0.15) is 65.2 Å². The summed E-state index contributed by atoms with van der Waals surface area (Å²) in [5.74, 6) is 2.46. The summed E-state index contributed by atoms with van der Waals surface area (Å²) in [4.78, 5) is 0. The maximum Gasteiger partial charge on any atom is 0.0978 e. The molecule has 19 heavy (non-hydrogen) atoms. The van der Waals surface area contributed by atoms with E-state index in [2.05, 4.69) is 13.8 Å². The van der Waals surface area contributed by atoms with Gasteiger partial charge in [0.1, 0.15) is 0 Å². The highest BCUT2D eigenvalue weighted by molar-refractivity contribution is 5.12. The second-order valence-corrected chi connectivity index (χ2v) is 7.55. The average Bonchev–Trinajstić information content (AvgIpc) is 3.28. The fourth-order valence-corrected chi connectivity index (χ4v) is 5.37. The summed E-state index contributed by atoms with van der Waals surface area (Å²) >= 11 is 0. The predicted molar refractivity (Wildman–Crippen MR) is 75.0 cm³/mol. The van der Waals surface area contributed by atoms with E-state index < -0.39 is 0 Å². The van der Waals surface area contributed by atoms with Crippen molar-refractivity contribution in [2.24, 2.45) is 17.8 Å². The van der Waals surface area contributed by atoms with Crippen LogP contribution in [0.15, 0.2) is 0 Å². The molecular formula is C17H28O2. The molecule has 0 N–H and O–H groups in total. The van der Waals surface area contributed by atoms with Crippen molar-refractivity contribution in [3.05, 3.63) is 0 Å². The summed E-state index contributed by atoms with van der Waals surface area (Å²) in [6.45, 7) is 4.73. The monoisotopic (exact) mass is 264 g/mol. The molecule has 7 unspecified atom stereocenters. The molecular weight excluding hydrogens is 236 g/mol. The van der Waals surface area contributed by atoms with Crippen molar-refractivity contribution in [3.63, 3.8) is 0 Å². The van der Waals surface area contributed by atoms with Crippen molar-refractivity contribution in [2.75, 3.05) is 0 Å². The molecule has 2 saturated heterocycles. The van der Waals surface area contributed by atoms with Gasteiger partial charge in [0.05, 0.1) is 23.9 Å². The van der Waals surface area contributed by atoms with Crippen LogP contribution in [0.3, 0.4) is 0 Å². The number of fused-ring (bicyclic) bond motifs is 2. The number of hydrogen-bond acceptors (Lipinski definition) is 2. The first-order chi connectivity index (χ1) is 9.24. The van der Waals surface area contributed by atoms with Crippen LogP contribution in [0.2, 0.25) is 0 Å². The summed E-state index contributed by atoms with van der Waals surface area (Å²) < 4.78 is 12.1. The van der Waals surface area contributed by atoms with Gasteiger partial charge in [0.25, 0.3) is 0 Å². The minimum absolute atomic E-state index is 0.306. The third-order valence-corrected chi connectivity index (χ3v) is 6.32. The van der Waals surface area contributed by atoms with Crippen LogP contribution in [-0.4, -0.2) is 23.9 Å². The third-order valence-electron chi connectivity index (χ3n) is 6.32. The Morgan fingerprint density at radius 2 is 2.16 bits per heavy atom. The second-order valence-electron chi connectivity index (χ2n) is 7.55. The summed E-state index contributed by atoms with van der Waals surface area (Å²) in [5.41, 5.74) is 0.306. The van der Waals surface area contributed by atoms with Crippen LogP contribution < -0.4 is 0 Å². The van der Waals surface area contributed by atoms with Crippen LogP contribution in [-0.2, 0) is 9.47 Å². The van der Waals surface area contributed by atoms with Crippen molar-refractivity contribution in [1.29, 1.82) is 0 Å². The highest BCUT2D eigenvalue weighted by atomic mass is 16.6. The highest BCUT2D eigenvalue weighted by Gasteiger charge is 2.64. The Morgan fingerprint density at radius 1 is 1.26 bits per heavy atom. The standard InChI is InChI=1S/C17H28O2/c1-3-6-13(17-8-5-4-7-15(17)19-17)12-9-11(2)16-14(10-12)18-16/h11-16H,3-10H2,1-2H3. The predicted octanol–water partition coefficient (Wildman–Crippen LogP) is 3.93. The third kappa shape index (κ3) is 1.98. The van der Waals surface area contributed by atoms with Gasteiger partial charge in [-0.2, -0.15) is 0 Å². The van der Waals surface area contributed by atoms with E-state index in [9.17, 15) is 0 Å². The van der Waals surface area contributed by atoms with Crippen LogP contribution >= 0.6 is 0 Å². The zero-order chi connectivity index (χ0) is 13.0. The normalized spacial score (nSPS) is 53.1. The smallest absolute Gasteiger partial charge is 0.0978 e. The molecule has 2 heterocycles. The molecule has 2 nitrogen and oxygen atoms in total. The molecule has 108 valence electrons. The van der Waals surface area contributed by atoms with Gasteiger partial charge >= 0.3 is 0 Å². The van der Waals surface area contributed by atoms with Crippen LogP contribution in [0.4, 0.5) is 0 Å². The zero-order valence-corrected chi connectivity index (χ0v) is 12.4. The Morgan fingerprint density at radius 3 is 2.89 bits per heavy atom. The van der Waals surface area contributed by atoms with E-state index >= 15 is 0 Å². The number of epoxide rings is 2. The molecule has 4 rings (SSSR count). The Labute approximate surface area is 117 Å². The molecule has 0 radical (unpaired) electrons. The fourth-order valence-electron chi connectivity index (χ4n) is 5.37. The fraction of sp³-hybridized carbons (Fsp3) is 1.00. The molecule has 0 spiro atoms. The quantitative estimate of drug-likeness (QED) is 0.719. The van der Waals surface area contributed by atoms with E-state index in [1.54, 1.807) is 0 Å². The summed E-state index contributed by atoms with van der Waals surface area (Å²) in [5, 5.41) is 0. The minimum Gasteiger partial charge on any atom is -0.369 e. The lowest BCUT2D eigenvalue weighted by atomic mass is 9.66. The summed E-state index contributed by atoms with van der Waals surface area (Å²) in [6.07, 6.45) is 12.6. The largest absolute Gasteiger partial charge is 0.369 e. The Hall–Kier alpha value is -0.0800. The Balaban J connectivity index is 1.51. The molecule has 4 aliphatic rings. The van der Waals surface area contributed by atoms with Gasteiger partial charge in [-0.3, -0.25) is 0 Å². The van der Waals surface area contributed by atoms with Crippen LogP contribution in [0, 0.1) is 17.8 Å². The first kappa shape index (κ1) is 12.6. The lowest BCUT2D eigenvalue weighted by Crippen LogP contribution is -2.38. The highest BCUT2D eigenvalue weighted by Crippen LogP contribution is 2.59. The van der Waals surface area contributed by atoms with Crippen molar-refractivity contribution in [2.45, 2.75) is 89.1 Å². The lowest BCUT2D eigenvalue weighted by Gasteiger charge is -2.36. The van der Waals surface area contributed by atoms with Crippen molar-refractivity contribution >= 4 is 0 Å². The van der Waals surface area contributed by atoms with E-state index in [0.717, 1.165) is 17.8 Å². The minimum atomic E-state index is 0.306. The van der Waals surface area contributed by atoms with Crippen LogP contribution in [0.25, 0.3) is 0 Å². The van der Waals surface area contributed by atoms with E-state index in [-0.39, 0.29) is 0 Å². The van der Waals surface area contributed by atoms with Gasteiger partial charge in [-0.15, -0.1) is 0 Å². The number of rotatable bonds is 4. The molecule has 0 amide bonds. The number of hydrogen-bond donors (Lipinski definition) is 0. The maximum absolute atomic E-state index is 6.28. The van der Waals surface area contributed by atoms with Gasteiger partial charge in [-0.05, 0) is 49.9 Å². The number of ether oxygens (including phenoxy) is 2. The van der Waals surface area contributed by atoms with Crippen LogP contribution in [0.5, 0.6) is 0 Å².